The van der Waals surface area contributed by atoms with Gasteiger partial charge >= 0.3 is 0 Å². The summed E-state index contributed by atoms with van der Waals surface area (Å²) in [5.41, 5.74) is 2.08. The van der Waals surface area contributed by atoms with E-state index in [2.05, 4.69) is 15.1 Å². The molecule has 128 valence electrons. The molecule has 0 radical (unpaired) electrons. The van der Waals surface area contributed by atoms with Crippen LogP contribution in [0, 0.1) is 13.8 Å². The van der Waals surface area contributed by atoms with E-state index in [1.807, 2.05) is 26.8 Å². The van der Waals surface area contributed by atoms with Gasteiger partial charge in [0.2, 0.25) is 0 Å². The Hall–Kier alpha value is -2.28. The number of rotatable bonds is 3. The highest BCUT2D eigenvalue weighted by Gasteiger charge is 2.31. The summed E-state index contributed by atoms with van der Waals surface area (Å²) in [7, 11) is 0. The van der Waals surface area contributed by atoms with Crippen molar-refractivity contribution in [2.24, 2.45) is 0 Å². The van der Waals surface area contributed by atoms with Crippen molar-refractivity contribution in [1.82, 2.24) is 20.0 Å². The molecule has 1 aliphatic heterocycles. The van der Waals surface area contributed by atoms with Gasteiger partial charge in [0, 0.05) is 12.7 Å². The third kappa shape index (κ3) is 3.17. The molecule has 0 aromatic carbocycles. The number of carbonyl (C=O) groups excluding carboxylic acids is 1. The Morgan fingerprint density at radius 1 is 1.38 bits per heavy atom. The molecule has 1 fully saturated rings. The monoisotopic (exact) mass is 330 g/mol. The van der Waals surface area contributed by atoms with Crippen LogP contribution in [-0.2, 0) is 4.74 Å². The zero-order valence-corrected chi connectivity index (χ0v) is 14.4. The van der Waals surface area contributed by atoms with Gasteiger partial charge in [-0.15, -0.1) is 0 Å². The van der Waals surface area contributed by atoms with Crippen LogP contribution in [0.15, 0.2) is 16.8 Å². The van der Waals surface area contributed by atoms with Crippen LogP contribution in [0.4, 0.5) is 0 Å². The first-order valence-electron chi connectivity index (χ1n) is 8.14. The van der Waals surface area contributed by atoms with E-state index in [0.717, 1.165) is 5.69 Å². The van der Waals surface area contributed by atoms with Crippen LogP contribution in [0.25, 0.3) is 0 Å². The molecular formula is C17H22N4O3. The maximum Gasteiger partial charge on any atom is 0.259 e. The predicted octanol–water partition coefficient (Wildman–Crippen LogP) is 2.42. The van der Waals surface area contributed by atoms with Crippen LogP contribution in [0.2, 0.25) is 0 Å². The highest BCUT2D eigenvalue weighted by atomic mass is 16.5. The number of carbonyl (C=O) groups is 1. The first-order chi connectivity index (χ1) is 11.5. The van der Waals surface area contributed by atoms with Gasteiger partial charge in [-0.05, 0) is 25.8 Å². The SMILES string of the molecule is Cc1nccc(C2CN(C(=O)c3c(C(C)C)noc3C)CCO2)n1. The lowest BCUT2D eigenvalue weighted by Crippen LogP contribution is -2.43. The van der Waals surface area contributed by atoms with Crippen LogP contribution >= 0.6 is 0 Å². The number of nitrogens with zero attached hydrogens (tertiary/aromatic N) is 4. The molecule has 7 heteroatoms. The highest BCUT2D eigenvalue weighted by Crippen LogP contribution is 2.26. The summed E-state index contributed by atoms with van der Waals surface area (Å²) in [5, 5.41) is 4.05. The predicted molar refractivity (Wildman–Crippen MR) is 86.7 cm³/mol. The van der Waals surface area contributed by atoms with Gasteiger partial charge in [0.15, 0.2) is 0 Å². The Bertz CT molecular complexity index is 741. The van der Waals surface area contributed by atoms with E-state index >= 15 is 0 Å². The van der Waals surface area contributed by atoms with Crippen molar-refractivity contribution < 1.29 is 14.1 Å². The van der Waals surface area contributed by atoms with Gasteiger partial charge in [0.25, 0.3) is 5.91 Å². The molecule has 0 bridgehead atoms. The molecule has 0 N–H and O–H groups in total. The summed E-state index contributed by atoms with van der Waals surface area (Å²) < 4.78 is 11.0. The molecule has 7 nitrogen and oxygen atoms in total. The lowest BCUT2D eigenvalue weighted by molar-refractivity contribution is -0.0249. The van der Waals surface area contributed by atoms with Crippen molar-refractivity contribution in [3.8, 4) is 0 Å². The molecule has 0 aliphatic carbocycles. The molecule has 24 heavy (non-hydrogen) atoms. The lowest BCUT2D eigenvalue weighted by Gasteiger charge is -2.32. The smallest absolute Gasteiger partial charge is 0.259 e. The number of ether oxygens (including phenoxy) is 1. The zero-order chi connectivity index (χ0) is 17.3. The van der Waals surface area contributed by atoms with Crippen LogP contribution in [0.5, 0.6) is 0 Å². The summed E-state index contributed by atoms with van der Waals surface area (Å²) in [4.78, 5) is 23.3. The maximum atomic E-state index is 13.0. The third-order valence-corrected chi connectivity index (χ3v) is 4.13. The van der Waals surface area contributed by atoms with E-state index in [0.29, 0.717) is 42.5 Å². The molecule has 1 saturated heterocycles. The standard InChI is InChI=1S/C17H22N4O3/c1-10(2)16-15(11(3)24-20-16)17(22)21-7-8-23-14(9-21)13-5-6-18-12(4)19-13/h5-6,10,14H,7-9H2,1-4H3. The van der Waals surface area contributed by atoms with Crippen molar-refractivity contribution in [2.75, 3.05) is 19.7 Å². The summed E-state index contributed by atoms with van der Waals surface area (Å²) in [6.45, 7) is 9.09. The molecule has 3 heterocycles. The Kier molecular flexibility index (Phi) is 4.62. The summed E-state index contributed by atoms with van der Waals surface area (Å²) in [6.07, 6.45) is 1.47. The molecule has 1 amide bonds. The average molecular weight is 330 g/mol. The number of aryl methyl sites for hydroxylation is 2. The first kappa shape index (κ1) is 16.6. The minimum Gasteiger partial charge on any atom is -0.368 e. The van der Waals surface area contributed by atoms with E-state index in [1.54, 1.807) is 18.0 Å². The molecule has 3 rings (SSSR count). The minimum absolute atomic E-state index is 0.0588. The second kappa shape index (κ2) is 6.68. The van der Waals surface area contributed by atoms with Gasteiger partial charge in [0.05, 0.1) is 24.5 Å². The van der Waals surface area contributed by atoms with Gasteiger partial charge < -0.3 is 14.2 Å². The quantitative estimate of drug-likeness (QED) is 0.859. The fraction of sp³-hybridized carbons (Fsp3) is 0.529. The van der Waals surface area contributed by atoms with Gasteiger partial charge in [-0.2, -0.15) is 0 Å². The Morgan fingerprint density at radius 2 is 2.17 bits per heavy atom. The Labute approximate surface area is 141 Å². The second-order valence-corrected chi connectivity index (χ2v) is 6.29. The summed E-state index contributed by atoms with van der Waals surface area (Å²) in [6, 6.07) is 1.83. The highest BCUT2D eigenvalue weighted by molar-refractivity contribution is 5.96. The van der Waals surface area contributed by atoms with Crippen LogP contribution in [0.3, 0.4) is 0 Å². The third-order valence-electron chi connectivity index (χ3n) is 4.13. The number of hydrogen-bond donors (Lipinski definition) is 0. The van der Waals surface area contributed by atoms with E-state index in [4.69, 9.17) is 9.26 Å². The first-order valence-corrected chi connectivity index (χ1v) is 8.14. The topological polar surface area (TPSA) is 81.4 Å². The van der Waals surface area contributed by atoms with E-state index in [-0.39, 0.29) is 17.9 Å². The number of morpholine rings is 1. The fourth-order valence-corrected chi connectivity index (χ4v) is 2.87. The Balaban J connectivity index is 1.82. The fourth-order valence-electron chi connectivity index (χ4n) is 2.87. The molecule has 1 aliphatic rings. The van der Waals surface area contributed by atoms with Crippen LogP contribution < -0.4 is 0 Å². The van der Waals surface area contributed by atoms with Crippen LogP contribution in [0.1, 0.15) is 59.2 Å². The summed E-state index contributed by atoms with van der Waals surface area (Å²) >= 11 is 0. The average Bonchev–Trinajstić information content (AvgIpc) is 2.96. The minimum atomic E-state index is -0.243. The van der Waals surface area contributed by atoms with E-state index in [9.17, 15) is 4.79 Å². The molecule has 2 aromatic heterocycles. The number of amides is 1. The van der Waals surface area contributed by atoms with Gasteiger partial charge in [-0.3, -0.25) is 4.79 Å². The van der Waals surface area contributed by atoms with Gasteiger partial charge in [-0.25, -0.2) is 9.97 Å². The number of hydrogen-bond acceptors (Lipinski definition) is 6. The molecule has 0 saturated carbocycles. The van der Waals surface area contributed by atoms with Crippen LogP contribution in [-0.4, -0.2) is 45.6 Å². The number of aromatic nitrogens is 3. The largest absolute Gasteiger partial charge is 0.368 e. The van der Waals surface area contributed by atoms with E-state index < -0.39 is 0 Å². The van der Waals surface area contributed by atoms with Crippen molar-refractivity contribution in [1.29, 1.82) is 0 Å². The molecule has 2 aromatic rings. The summed E-state index contributed by atoms with van der Waals surface area (Å²) in [5.74, 6) is 1.32. The van der Waals surface area contributed by atoms with Crippen molar-refractivity contribution >= 4 is 5.91 Å². The molecular weight excluding hydrogens is 308 g/mol. The van der Waals surface area contributed by atoms with Crippen molar-refractivity contribution in [2.45, 2.75) is 39.7 Å². The van der Waals surface area contributed by atoms with Gasteiger partial charge in [-0.1, -0.05) is 19.0 Å². The lowest BCUT2D eigenvalue weighted by atomic mass is 10.0. The van der Waals surface area contributed by atoms with Crippen molar-refractivity contribution in [3.63, 3.8) is 0 Å². The van der Waals surface area contributed by atoms with Gasteiger partial charge in [0.1, 0.15) is 23.3 Å². The molecule has 1 atom stereocenters. The molecule has 1 unspecified atom stereocenters. The maximum absolute atomic E-state index is 13.0. The normalized spacial score (nSPS) is 18.2. The second-order valence-electron chi connectivity index (χ2n) is 6.29. The zero-order valence-electron chi connectivity index (χ0n) is 14.4. The van der Waals surface area contributed by atoms with Crippen molar-refractivity contribution in [3.05, 3.63) is 40.8 Å². The Morgan fingerprint density at radius 3 is 2.88 bits per heavy atom. The van der Waals surface area contributed by atoms with E-state index in [1.165, 1.54) is 0 Å². The molecule has 0 spiro atoms.